The van der Waals surface area contributed by atoms with Gasteiger partial charge in [0.05, 0.1) is 0 Å². The maximum absolute atomic E-state index is 6.68. The predicted molar refractivity (Wildman–Crippen MR) is 126 cm³/mol. The minimum absolute atomic E-state index is 0.841. The van der Waals surface area contributed by atoms with Crippen LogP contribution >= 0.6 is 0 Å². The van der Waals surface area contributed by atoms with Gasteiger partial charge in [0.25, 0.3) is 0 Å². The SMILES string of the molecule is Nc1c(-c2ccccc2)ccc2cc3ccc4cc5ccccc5cc4c3cc12. The van der Waals surface area contributed by atoms with Crippen molar-refractivity contribution < 1.29 is 0 Å². The summed E-state index contributed by atoms with van der Waals surface area (Å²) in [6.07, 6.45) is 0. The highest BCUT2D eigenvalue weighted by atomic mass is 14.6. The van der Waals surface area contributed by atoms with Crippen LogP contribution in [-0.4, -0.2) is 0 Å². The first kappa shape index (κ1) is 16.1. The maximum atomic E-state index is 6.68. The van der Waals surface area contributed by atoms with Crippen molar-refractivity contribution in [3.8, 4) is 11.1 Å². The highest BCUT2D eigenvalue weighted by molar-refractivity contribution is 6.17. The van der Waals surface area contributed by atoms with Crippen molar-refractivity contribution in [2.45, 2.75) is 0 Å². The van der Waals surface area contributed by atoms with E-state index in [2.05, 4.69) is 97.1 Å². The minimum Gasteiger partial charge on any atom is -0.398 e. The number of anilines is 1. The lowest BCUT2D eigenvalue weighted by Gasteiger charge is -2.12. The normalized spacial score (nSPS) is 11.6. The Hall–Kier alpha value is -3.84. The van der Waals surface area contributed by atoms with Crippen LogP contribution in [0, 0.1) is 0 Å². The van der Waals surface area contributed by atoms with Crippen LogP contribution in [-0.2, 0) is 0 Å². The summed E-state index contributed by atoms with van der Waals surface area (Å²) < 4.78 is 0. The number of nitrogens with two attached hydrogens (primary N) is 1. The van der Waals surface area contributed by atoms with E-state index in [1.807, 2.05) is 6.07 Å². The van der Waals surface area contributed by atoms with Crippen LogP contribution in [0.15, 0.2) is 103 Å². The third kappa shape index (κ3) is 2.48. The van der Waals surface area contributed by atoms with Crippen molar-refractivity contribution in [3.05, 3.63) is 103 Å². The topological polar surface area (TPSA) is 26.0 Å². The molecular weight excluding hydrogens is 350 g/mol. The first-order valence-corrected chi connectivity index (χ1v) is 9.91. The smallest absolute Gasteiger partial charge is 0.0473 e. The van der Waals surface area contributed by atoms with Crippen LogP contribution in [0.3, 0.4) is 0 Å². The van der Waals surface area contributed by atoms with E-state index in [1.54, 1.807) is 0 Å². The molecular formula is C28H19N. The highest BCUT2D eigenvalue weighted by Gasteiger charge is 2.10. The van der Waals surface area contributed by atoms with E-state index < -0.39 is 0 Å². The van der Waals surface area contributed by atoms with Gasteiger partial charge in [-0.25, -0.2) is 0 Å². The number of hydrogen-bond acceptors (Lipinski definition) is 1. The average molecular weight is 369 g/mol. The van der Waals surface area contributed by atoms with Gasteiger partial charge in [-0.15, -0.1) is 0 Å². The molecule has 6 aromatic rings. The average Bonchev–Trinajstić information content (AvgIpc) is 2.77. The largest absolute Gasteiger partial charge is 0.398 e. The molecule has 29 heavy (non-hydrogen) atoms. The van der Waals surface area contributed by atoms with E-state index >= 15 is 0 Å². The molecule has 6 aromatic carbocycles. The van der Waals surface area contributed by atoms with Crippen LogP contribution in [0.2, 0.25) is 0 Å². The molecule has 0 radical (unpaired) electrons. The summed E-state index contributed by atoms with van der Waals surface area (Å²) in [5.74, 6) is 0. The molecule has 0 fully saturated rings. The molecule has 0 aromatic heterocycles. The van der Waals surface area contributed by atoms with Gasteiger partial charge in [-0.05, 0) is 67.5 Å². The van der Waals surface area contributed by atoms with Gasteiger partial charge in [-0.3, -0.25) is 0 Å². The van der Waals surface area contributed by atoms with E-state index in [9.17, 15) is 0 Å². The molecule has 0 bridgehead atoms. The van der Waals surface area contributed by atoms with Crippen LogP contribution in [0.5, 0.6) is 0 Å². The first-order valence-electron chi connectivity index (χ1n) is 9.91. The predicted octanol–water partition coefficient (Wildman–Crippen LogP) is 7.55. The van der Waals surface area contributed by atoms with E-state index in [4.69, 9.17) is 5.73 Å². The van der Waals surface area contributed by atoms with Crippen molar-refractivity contribution in [1.29, 1.82) is 0 Å². The summed E-state index contributed by atoms with van der Waals surface area (Å²) >= 11 is 0. The summed E-state index contributed by atoms with van der Waals surface area (Å²) in [5, 5.41) is 9.84. The Morgan fingerprint density at radius 3 is 1.72 bits per heavy atom. The fraction of sp³-hybridized carbons (Fsp3) is 0. The summed E-state index contributed by atoms with van der Waals surface area (Å²) in [5.41, 5.74) is 9.75. The zero-order chi connectivity index (χ0) is 19.4. The van der Waals surface area contributed by atoms with Gasteiger partial charge < -0.3 is 5.73 Å². The number of nitrogen functional groups attached to an aromatic ring is 1. The Kier molecular flexibility index (Phi) is 3.39. The Bertz CT molecular complexity index is 1550. The summed E-state index contributed by atoms with van der Waals surface area (Å²) in [4.78, 5) is 0. The zero-order valence-electron chi connectivity index (χ0n) is 15.9. The quantitative estimate of drug-likeness (QED) is 0.181. The molecule has 2 N–H and O–H groups in total. The zero-order valence-corrected chi connectivity index (χ0v) is 15.9. The maximum Gasteiger partial charge on any atom is 0.0473 e. The molecule has 1 heteroatoms. The van der Waals surface area contributed by atoms with Crippen molar-refractivity contribution >= 4 is 48.8 Å². The molecule has 0 saturated carbocycles. The Morgan fingerprint density at radius 1 is 0.414 bits per heavy atom. The monoisotopic (exact) mass is 369 g/mol. The molecule has 0 unspecified atom stereocenters. The lowest BCUT2D eigenvalue weighted by atomic mass is 9.93. The van der Waals surface area contributed by atoms with Crippen LogP contribution in [0.1, 0.15) is 0 Å². The number of benzene rings is 6. The second kappa shape index (κ2) is 6.08. The van der Waals surface area contributed by atoms with Gasteiger partial charge in [0, 0.05) is 16.6 Å². The molecule has 0 spiro atoms. The third-order valence-electron chi connectivity index (χ3n) is 5.97. The molecule has 1 nitrogen and oxygen atoms in total. The molecule has 0 saturated heterocycles. The van der Waals surface area contributed by atoms with Crippen LogP contribution in [0.25, 0.3) is 54.2 Å². The number of fused-ring (bicyclic) bond motifs is 5. The van der Waals surface area contributed by atoms with Crippen molar-refractivity contribution in [2.75, 3.05) is 5.73 Å². The highest BCUT2D eigenvalue weighted by Crippen LogP contribution is 2.37. The minimum atomic E-state index is 0.841. The van der Waals surface area contributed by atoms with Crippen molar-refractivity contribution in [3.63, 3.8) is 0 Å². The van der Waals surface area contributed by atoms with Crippen molar-refractivity contribution in [1.82, 2.24) is 0 Å². The second-order valence-electron chi connectivity index (χ2n) is 7.67. The lowest BCUT2D eigenvalue weighted by molar-refractivity contribution is 1.64. The second-order valence-corrected chi connectivity index (χ2v) is 7.67. The summed E-state index contributed by atoms with van der Waals surface area (Å²) in [6.45, 7) is 0. The van der Waals surface area contributed by atoms with Gasteiger partial charge in [0.1, 0.15) is 0 Å². The van der Waals surface area contributed by atoms with Crippen LogP contribution in [0.4, 0.5) is 5.69 Å². The Labute approximate surface area is 169 Å². The van der Waals surface area contributed by atoms with E-state index in [-0.39, 0.29) is 0 Å². The lowest BCUT2D eigenvalue weighted by Crippen LogP contribution is -1.92. The van der Waals surface area contributed by atoms with E-state index in [0.29, 0.717) is 0 Å². The van der Waals surface area contributed by atoms with Crippen LogP contribution < -0.4 is 5.73 Å². The molecule has 136 valence electrons. The molecule has 0 heterocycles. The molecule has 0 aliphatic carbocycles. The Morgan fingerprint density at radius 2 is 0.966 bits per heavy atom. The standard InChI is InChI=1S/C28H19N/c29-28-24(18-6-2-1-3-7-18)13-12-23-15-22-11-10-21-14-19-8-4-5-9-20(19)16-25(21)26(22)17-27(23)28/h1-17H,29H2. The summed E-state index contributed by atoms with van der Waals surface area (Å²) in [7, 11) is 0. The van der Waals surface area contributed by atoms with Gasteiger partial charge in [0.15, 0.2) is 0 Å². The molecule has 6 rings (SSSR count). The molecule has 0 amide bonds. The van der Waals surface area contributed by atoms with Crippen molar-refractivity contribution in [2.24, 2.45) is 0 Å². The van der Waals surface area contributed by atoms with Gasteiger partial charge in [0.2, 0.25) is 0 Å². The molecule has 0 aliphatic rings. The third-order valence-corrected chi connectivity index (χ3v) is 5.97. The summed E-state index contributed by atoms with van der Waals surface area (Å²) in [6, 6.07) is 36.7. The van der Waals surface area contributed by atoms with E-state index in [0.717, 1.165) is 22.2 Å². The van der Waals surface area contributed by atoms with Gasteiger partial charge in [-0.2, -0.15) is 0 Å². The number of hydrogen-bond donors (Lipinski definition) is 1. The molecule has 0 aliphatic heterocycles. The molecule has 0 atom stereocenters. The Balaban J connectivity index is 1.70. The van der Waals surface area contributed by atoms with E-state index in [1.165, 1.54) is 37.7 Å². The first-order chi connectivity index (χ1) is 14.3. The van der Waals surface area contributed by atoms with Gasteiger partial charge >= 0.3 is 0 Å². The number of rotatable bonds is 1. The fourth-order valence-corrected chi connectivity index (χ4v) is 4.46. The van der Waals surface area contributed by atoms with Gasteiger partial charge in [-0.1, -0.05) is 78.9 Å². The fourth-order valence-electron chi connectivity index (χ4n) is 4.46.